The number of fused-ring (bicyclic) bond motifs is 6. The zero-order valence-corrected chi connectivity index (χ0v) is 33.2. The summed E-state index contributed by atoms with van der Waals surface area (Å²) in [5, 5.41) is 10.0. The maximum Gasteiger partial charge on any atom is 0.0619 e. The molecule has 0 fully saturated rings. The first-order valence-corrected chi connectivity index (χ1v) is 21.0. The highest BCUT2D eigenvalue weighted by Crippen LogP contribution is 2.48. The number of benzene rings is 10. The van der Waals surface area contributed by atoms with Gasteiger partial charge in [0.2, 0.25) is 0 Å². The van der Waals surface area contributed by atoms with Crippen molar-refractivity contribution in [2.24, 2.45) is 0 Å². The van der Waals surface area contributed by atoms with Crippen molar-refractivity contribution in [3.63, 3.8) is 0 Å². The van der Waals surface area contributed by atoms with Crippen LogP contribution in [0, 0.1) is 0 Å². The molecule has 3 heterocycles. The van der Waals surface area contributed by atoms with Gasteiger partial charge in [0, 0.05) is 49.3 Å². The molecule has 0 saturated carbocycles. The summed E-state index contributed by atoms with van der Waals surface area (Å²) in [5.74, 6) is 0. The molecule has 0 atom stereocenters. The molecule has 3 aromatic heterocycles. The maximum atomic E-state index is 2.51. The Morgan fingerprint density at radius 3 is 1.77 bits per heavy atom. The fourth-order valence-corrected chi connectivity index (χ4v) is 10.3. The van der Waals surface area contributed by atoms with Crippen molar-refractivity contribution in [3.05, 3.63) is 224 Å². The van der Waals surface area contributed by atoms with Crippen molar-refractivity contribution < 1.29 is 0 Å². The molecule has 0 unspecified atom stereocenters. The van der Waals surface area contributed by atoms with Gasteiger partial charge in [-0.15, -0.1) is 0 Å². The Morgan fingerprint density at radius 2 is 0.885 bits per heavy atom. The van der Waals surface area contributed by atoms with Gasteiger partial charge in [-0.3, -0.25) is 0 Å². The minimum atomic E-state index is 1.08. The first-order chi connectivity index (χ1) is 30.3. The highest BCUT2D eigenvalue weighted by Gasteiger charge is 2.24. The molecule has 0 aliphatic carbocycles. The number of nitrogens with zero attached hydrogens (tertiary/aromatic N) is 3. The first-order valence-electron chi connectivity index (χ1n) is 21.0. The zero-order chi connectivity index (χ0) is 40.0. The van der Waals surface area contributed by atoms with Crippen LogP contribution in [0.25, 0.3) is 98.6 Å². The molecule has 0 aliphatic heterocycles. The third kappa shape index (κ3) is 4.92. The van der Waals surface area contributed by atoms with Crippen molar-refractivity contribution in [1.82, 2.24) is 8.97 Å². The van der Waals surface area contributed by atoms with E-state index in [0.717, 1.165) is 28.3 Å². The van der Waals surface area contributed by atoms with Crippen LogP contribution >= 0.6 is 0 Å². The van der Waals surface area contributed by atoms with Gasteiger partial charge in [0.05, 0.1) is 39.0 Å². The van der Waals surface area contributed by atoms with E-state index in [1.54, 1.807) is 0 Å². The molecule has 284 valence electrons. The van der Waals surface area contributed by atoms with Gasteiger partial charge in [0.25, 0.3) is 0 Å². The summed E-state index contributed by atoms with van der Waals surface area (Å²) >= 11 is 0. The van der Waals surface area contributed by atoms with Gasteiger partial charge in [-0.05, 0) is 82.1 Å². The lowest BCUT2D eigenvalue weighted by Gasteiger charge is -2.30. The fourth-order valence-electron chi connectivity index (χ4n) is 10.3. The molecule has 61 heavy (non-hydrogen) atoms. The molecular weight excluding hydrogens is 739 g/mol. The Labute approximate surface area is 352 Å². The summed E-state index contributed by atoms with van der Waals surface area (Å²) in [6.45, 7) is 0. The Morgan fingerprint density at radius 1 is 0.328 bits per heavy atom. The first kappa shape index (κ1) is 33.8. The predicted molar refractivity (Wildman–Crippen MR) is 259 cm³/mol. The van der Waals surface area contributed by atoms with E-state index in [9.17, 15) is 0 Å². The molecular formula is C58H37N3. The van der Waals surface area contributed by atoms with Crippen molar-refractivity contribution in [2.45, 2.75) is 0 Å². The quantitative estimate of drug-likeness (QED) is 0.164. The second-order valence-corrected chi connectivity index (χ2v) is 16.0. The summed E-state index contributed by atoms with van der Waals surface area (Å²) in [7, 11) is 0. The fraction of sp³-hybridized carbons (Fsp3) is 0. The van der Waals surface area contributed by atoms with Crippen LogP contribution in [0.2, 0.25) is 0 Å². The summed E-state index contributed by atoms with van der Waals surface area (Å²) in [6.07, 6.45) is 0. The third-order valence-corrected chi connectivity index (χ3v) is 12.8. The molecule has 0 amide bonds. The van der Waals surface area contributed by atoms with E-state index in [-0.39, 0.29) is 0 Å². The molecule has 3 nitrogen and oxygen atoms in total. The summed E-state index contributed by atoms with van der Waals surface area (Å²) < 4.78 is 4.99. The lowest BCUT2D eigenvalue weighted by atomic mass is 9.93. The molecule has 10 aromatic carbocycles. The minimum absolute atomic E-state index is 1.08. The number of rotatable bonds is 6. The summed E-state index contributed by atoms with van der Waals surface area (Å²) in [4.78, 5) is 2.47. The summed E-state index contributed by atoms with van der Waals surface area (Å²) in [5.41, 5.74) is 15.3. The van der Waals surface area contributed by atoms with Gasteiger partial charge in [-0.1, -0.05) is 170 Å². The van der Waals surface area contributed by atoms with Gasteiger partial charge < -0.3 is 13.9 Å². The molecule has 0 saturated heterocycles. The number of hydrogen-bond acceptors (Lipinski definition) is 1. The van der Waals surface area contributed by atoms with Gasteiger partial charge in [0.15, 0.2) is 0 Å². The highest BCUT2D eigenvalue weighted by molar-refractivity contribution is 6.31. The van der Waals surface area contributed by atoms with Crippen LogP contribution in [0.3, 0.4) is 0 Å². The SMILES string of the molecule is c1ccc(-c2ccccc2-c2ccccc2N(c2cccc(-n3c4cccc5c6cccc7c8ccccc8n(c8cccc3c8c54)c67)c2)c2cccc3ccccc23)cc1. The second-order valence-electron chi connectivity index (χ2n) is 16.0. The van der Waals surface area contributed by atoms with Crippen molar-refractivity contribution in [3.8, 4) is 27.9 Å². The van der Waals surface area contributed by atoms with Crippen LogP contribution in [0.4, 0.5) is 17.1 Å². The third-order valence-electron chi connectivity index (χ3n) is 12.8. The monoisotopic (exact) mass is 775 g/mol. The smallest absolute Gasteiger partial charge is 0.0619 e. The Kier molecular flexibility index (Phi) is 7.31. The number of para-hydroxylation sites is 3. The predicted octanol–water partition coefficient (Wildman–Crippen LogP) is 15.9. The van der Waals surface area contributed by atoms with Crippen LogP contribution in [0.15, 0.2) is 224 Å². The highest BCUT2D eigenvalue weighted by atomic mass is 15.1. The van der Waals surface area contributed by atoms with Crippen LogP contribution in [-0.2, 0) is 0 Å². The van der Waals surface area contributed by atoms with Gasteiger partial charge in [-0.25, -0.2) is 0 Å². The Bertz CT molecular complexity index is 3830. The normalized spacial score (nSPS) is 11.9. The van der Waals surface area contributed by atoms with E-state index < -0.39 is 0 Å². The van der Waals surface area contributed by atoms with Gasteiger partial charge in [-0.2, -0.15) is 0 Å². The molecule has 13 aromatic rings. The largest absolute Gasteiger partial charge is 0.309 e. The van der Waals surface area contributed by atoms with E-state index in [1.807, 2.05) is 0 Å². The zero-order valence-electron chi connectivity index (χ0n) is 33.2. The lowest BCUT2D eigenvalue weighted by molar-refractivity contribution is 1.17. The average Bonchev–Trinajstić information content (AvgIpc) is 3.81. The van der Waals surface area contributed by atoms with E-state index in [2.05, 4.69) is 238 Å². The number of anilines is 3. The number of hydrogen-bond donors (Lipinski definition) is 0. The topological polar surface area (TPSA) is 12.6 Å². The molecule has 0 radical (unpaired) electrons. The minimum Gasteiger partial charge on any atom is -0.309 e. The standard InChI is InChI=1S/C58H37N3/c1-2-17-38(18-3-1)42-23-6-7-25-44(42)45-26-8-10-31-51(45)59(50-33-12-20-39-19-4-5-24-43(39)50)40-21-13-22-41(37-40)60-53-34-15-28-47-49-30-14-29-48-46-27-9-11-32-52(46)61(58(48)49)55-36-16-35-54(60)57(55)56(47)53/h1-37H. The Hall–Kier alpha value is -8.14. The average molecular weight is 776 g/mol. The van der Waals surface area contributed by atoms with Crippen molar-refractivity contribution in [2.75, 3.05) is 4.90 Å². The molecule has 3 heteroatoms. The van der Waals surface area contributed by atoms with Crippen molar-refractivity contribution in [1.29, 1.82) is 0 Å². The van der Waals surface area contributed by atoms with Gasteiger partial charge in [0.1, 0.15) is 0 Å². The molecule has 13 rings (SSSR count). The van der Waals surface area contributed by atoms with Crippen LogP contribution in [0.5, 0.6) is 0 Å². The van der Waals surface area contributed by atoms with E-state index >= 15 is 0 Å². The van der Waals surface area contributed by atoms with Crippen molar-refractivity contribution >= 4 is 87.7 Å². The van der Waals surface area contributed by atoms with E-state index in [4.69, 9.17) is 0 Å². The maximum absolute atomic E-state index is 2.51. The Balaban J connectivity index is 1.10. The summed E-state index contributed by atoms with van der Waals surface area (Å²) in [6, 6.07) is 82.2. The molecule has 0 spiro atoms. The second kappa shape index (κ2) is 13.2. The molecule has 0 N–H and O–H groups in total. The molecule has 0 aliphatic rings. The van der Waals surface area contributed by atoms with Gasteiger partial charge >= 0.3 is 0 Å². The van der Waals surface area contributed by atoms with E-state index in [1.165, 1.54) is 87.4 Å². The lowest BCUT2D eigenvalue weighted by Crippen LogP contribution is -2.12. The number of aromatic nitrogens is 2. The van der Waals surface area contributed by atoms with Crippen LogP contribution in [-0.4, -0.2) is 8.97 Å². The molecule has 0 bridgehead atoms. The van der Waals surface area contributed by atoms with E-state index in [0.29, 0.717) is 0 Å². The van der Waals surface area contributed by atoms with Crippen LogP contribution in [0.1, 0.15) is 0 Å². The van der Waals surface area contributed by atoms with Crippen LogP contribution < -0.4 is 4.90 Å².